The third kappa shape index (κ3) is 3.69. The van der Waals surface area contributed by atoms with Gasteiger partial charge < -0.3 is 4.57 Å². The molecule has 0 radical (unpaired) electrons. The largest absolute Gasteiger partial charge is 0.321 e. The molecular formula is C20H25F2N3O. The van der Waals surface area contributed by atoms with E-state index in [-0.39, 0.29) is 43.4 Å². The molecule has 140 valence electrons. The summed E-state index contributed by atoms with van der Waals surface area (Å²) in [6.45, 7) is 4.25. The smallest absolute Gasteiger partial charge is 0.248 e. The summed E-state index contributed by atoms with van der Waals surface area (Å²) < 4.78 is 28.5. The predicted octanol–water partition coefficient (Wildman–Crippen LogP) is 5.05. The molecule has 1 aliphatic carbocycles. The molecule has 1 saturated carbocycles. The second-order valence-electron chi connectivity index (χ2n) is 7.15. The van der Waals surface area contributed by atoms with Gasteiger partial charge in [-0.25, -0.2) is 13.8 Å². The van der Waals surface area contributed by atoms with Crippen molar-refractivity contribution in [1.29, 1.82) is 0 Å². The van der Waals surface area contributed by atoms with Gasteiger partial charge in [0.2, 0.25) is 5.92 Å². The fourth-order valence-electron chi connectivity index (χ4n) is 3.71. The first kappa shape index (κ1) is 18.7. The molecule has 0 N–H and O–H groups in total. The molecule has 1 unspecified atom stereocenters. The maximum Gasteiger partial charge on any atom is 0.248 e. The lowest BCUT2D eigenvalue weighted by atomic mass is 9.82. The third-order valence-electron chi connectivity index (χ3n) is 5.00. The van der Waals surface area contributed by atoms with Crippen LogP contribution in [0.1, 0.15) is 64.1 Å². The number of pyridine rings is 1. The van der Waals surface area contributed by atoms with Crippen molar-refractivity contribution in [3.63, 3.8) is 0 Å². The monoisotopic (exact) mass is 361 g/mol. The SMILES string of the molecule is CCC.O=C(CC1c2ncccc2-c2cncn21)C1CCC(F)(F)CC1. The van der Waals surface area contributed by atoms with Gasteiger partial charge in [0.05, 0.1) is 30.0 Å². The first-order chi connectivity index (χ1) is 12.5. The zero-order valence-electron chi connectivity index (χ0n) is 15.3. The summed E-state index contributed by atoms with van der Waals surface area (Å²) in [5.41, 5.74) is 2.83. The maximum atomic E-state index is 13.3. The van der Waals surface area contributed by atoms with E-state index in [4.69, 9.17) is 0 Å². The highest BCUT2D eigenvalue weighted by atomic mass is 19.3. The predicted molar refractivity (Wildman–Crippen MR) is 96.1 cm³/mol. The summed E-state index contributed by atoms with van der Waals surface area (Å²) in [6.07, 6.45) is 6.95. The number of hydrogen-bond donors (Lipinski definition) is 0. The van der Waals surface area contributed by atoms with Gasteiger partial charge in [-0.15, -0.1) is 0 Å². The number of nitrogens with zero attached hydrogens (tertiary/aromatic N) is 3. The molecule has 6 heteroatoms. The molecule has 4 nitrogen and oxygen atoms in total. The van der Waals surface area contributed by atoms with Crippen molar-refractivity contribution in [2.45, 2.75) is 64.3 Å². The highest BCUT2D eigenvalue weighted by Gasteiger charge is 2.39. The van der Waals surface area contributed by atoms with Gasteiger partial charge >= 0.3 is 0 Å². The van der Waals surface area contributed by atoms with E-state index in [0.29, 0.717) is 6.42 Å². The van der Waals surface area contributed by atoms with Crippen LogP contribution < -0.4 is 0 Å². The molecule has 2 aliphatic rings. The van der Waals surface area contributed by atoms with Crippen LogP contribution >= 0.6 is 0 Å². The van der Waals surface area contributed by atoms with E-state index >= 15 is 0 Å². The Morgan fingerprint density at radius 1 is 1.31 bits per heavy atom. The van der Waals surface area contributed by atoms with E-state index in [2.05, 4.69) is 23.8 Å². The zero-order valence-corrected chi connectivity index (χ0v) is 15.3. The summed E-state index contributed by atoms with van der Waals surface area (Å²) in [5, 5.41) is 0. The van der Waals surface area contributed by atoms with Crippen molar-refractivity contribution < 1.29 is 13.6 Å². The van der Waals surface area contributed by atoms with Crippen molar-refractivity contribution >= 4 is 5.78 Å². The van der Waals surface area contributed by atoms with E-state index in [0.717, 1.165) is 17.0 Å². The second-order valence-corrected chi connectivity index (χ2v) is 7.15. The lowest BCUT2D eigenvalue weighted by molar-refractivity contribution is -0.127. The molecule has 0 bridgehead atoms. The second kappa shape index (κ2) is 7.64. The molecule has 0 aromatic carbocycles. The van der Waals surface area contributed by atoms with Gasteiger partial charge in [0.15, 0.2) is 0 Å². The van der Waals surface area contributed by atoms with Crippen LogP contribution in [-0.2, 0) is 4.79 Å². The Labute approximate surface area is 152 Å². The molecule has 0 saturated heterocycles. The van der Waals surface area contributed by atoms with Crippen molar-refractivity contribution in [2.75, 3.05) is 0 Å². The van der Waals surface area contributed by atoms with Crippen molar-refractivity contribution in [3.8, 4) is 11.3 Å². The molecule has 26 heavy (non-hydrogen) atoms. The van der Waals surface area contributed by atoms with Crippen molar-refractivity contribution in [2.24, 2.45) is 5.92 Å². The Kier molecular flexibility index (Phi) is 5.49. The molecule has 1 atom stereocenters. The summed E-state index contributed by atoms with van der Waals surface area (Å²) >= 11 is 0. The number of alkyl halides is 2. The van der Waals surface area contributed by atoms with E-state index < -0.39 is 5.92 Å². The summed E-state index contributed by atoms with van der Waals surface area (Å²) in [7, 11) is 0. The van der Waals surface area contributed by atoms with Crippen LogP contribution in [0.3, 0.4) is 0 Å². The van der Waals surface area contributed by atoms with E-state index in [1.54, 1.807) is 18.7 Å². The van der Waals surface area contributed by atoms with Crippen molar-refractivity contribution in [3.05, 3.63) is 36.5 Å². The van der Waals surface area contributed by atoms with E-state index in [1.165, 1.54) is 6.42 Å². The Balaban J connectivity index is 0.000000613. The summed E-state index contributed by atoms with van der Waals surface area (Å²) in [6, 6.07) is 3.67. The van der Waals surface area contributed by atoms with Crippen LogP contribution in [0.25, 0.3) is 11.3 Å². The van der Waals surface area contributed by atoms with Crippen LogP contribution in [0.5, 0.6) is 0 Å². The Bertz CT molecular complexity index is 762. The van der Waals surface area contributed by atoms with Crippen LogP contribution in [0.15, 0.2) is 30.9 Å². The molecule has 2 aromatic rings. The van der Waals surface area contributed by atoms with Crippen LogP contribution in [0.2, 0.25) is 0 Å². The minimum Gasteiger partial charge on any atom is -0.321 e. The normalized spacial score (nSPS) is 20.7. The lowest BCUT2D eigenvalue weighted by Crippen LogP contribution is -2.29. The molecule has 4 rings (SSSR count). The van der Waals surface area contributed by atoms with Gasteiger partial charge in [0.1, 0.15) is 5.78 Å². The number of aromatic nitrogens is 3. The number of carbonyl (C=O) groups is 1. The molecule has 3 heterocycles. The number of imidazole rings is 1. The van der Waals surface area contributed by atoms with Crippen LogP contribution in [0, 0.1) is 5.92 Å². The fourth-order valence-corrected chi connectivity index (χ4v) is 3.71. The Morgan fingerprint density at radius 3 is 2.69 bits per heavy atom. The molecule has 2 aromatic heterocycles. The van der Waals surface area contributed by atoms with Crippen LogP contribution in [-0.4, -0.2) is 26.2 Å². The van der Waals surface area contributed by atoms with Gasteiger partial charge in [-0.05, 0) is 25.0 Å². The average Bonchev–Trinajstić information content (AvgIpc) is 3.18. The van der Waals surface area contributed by atoms with Crippen LogP contribution in [0.4, 0.5) is 8.78 Å². The summed E-state index contributed by atoms with van der Waals surface area (Å²) in [5.74, 6) is -2.80. The summed E-state index contributed by atoms with van der Waals surface area (Å²) in [4.78, 5) is 21.2. The minimum atomic E-state index is -2.60. The van der Waals surface area contributed by atoms with Gasteiger partial charge in [-0.3, -0.25) is 9.78 Å². The average molecular weight is 361 g/mol. The van der Waals surface area contributed by atoms with Gasteiger partial charge in [-0.1, -0.05) is 20.3 Å². The number of ketones is 1. The number of hydrogen-bond acceptors (Lipinski definition) is 3. The number of Topliss-reactive ketones (excluding diaryl/α,β-unsaturated/α-hetero) is 1. The molecule has 1 fully saturated rings. The van der Waals surface area contributed by atoms with E-state index in [1.807, 2.05) is 16.7 Å². The van der Waals surface area contributed by atoms with E-state index in [9.17, 15) is 13.6 Å². The molecular weight excluding hydrogens is 336 g/mol. The minimum absolute atomic E-state index is 0.0589. The fraction of sp³-hybridized carbons (Fsp3) is 0.550. The third-order valence-corrected chi connectivity index (χ3v) is 5.00. The van der Waals surface area contributed by atoms with Gasteiger partial charge in [0.25, 0.3) is 0 Å². The molecule has 1 aliphatic heterocycles. The quantitative estimate of drug-likeness (QED) is 0.769. The number of fused-ring (bicyclic) bond motifs is 3. The van der Waals surface area contributed by atoms with Crippen molar-refractivity contribution in [1.82, 2.24) is 14.5 Å². The molecule has 0 amide bonds. The number of rotatable bonds is 3. The first-order valence-corrected chi connectivity index (χ1v) is 9.34. The Morgan fingerprint density at radius 2 is 2.00 bits per heavy atom. The number of carbonyl (C=O) groups excluding carboxylic acids is 1. The highest BCUT2D eigenvalue weighted by Crippen LogP contribution is 2.42. The molecule has 0 spiro atoms. The van der Waals surface area contributed by atoms with Gasteiger partial charge in [0, 0.05) is 36.9 Å². The lowest BCUT2D eigenvalue weighted by Gasteiger charge is -2.28. The van der Waals surface area contributed by atoms with Gasteiger partial charge in [-0.2, -0.15) is 0 Å². The topological polar surface area (TPSA) is 47.8 Å². The first-order valence-electron chi connectivity index (χ1n) is 9.34. The Hall–Kier alpha value is -2.11. The standard InChI is InChI=1S/C17H17F2N3O.C3H8/c18-17(19)5-3-11(4-6-17)15(23)8-13-16-12(2-1-7-21-16)14-9-20-10-22(13)14;1-3-2/h1-2,7,9-11,13H,3-6,8H2;3H2,1-2H3. The zero-order chi connectivity index (χ0) is 18.7. The highest BCUT2D eigenvalue weighted by molar-refractivity contribution is 5.83. The number of halogens is 2. The maximum absolute atomic E-state index is 13.3.